The number of hydrazine groups is 1. The molecule has 0 fully saturated rings. The fourth-order valence-corrected chi connectivity index (χ4v) is 9.28. The van der Waals surface area contributed by atoms with E-state index in [1.807, 2.05) is 13.8 Å². The largest absolute Gasteiger partial charge is 0.508 e. The minimum Gasteiger partial charge on any atom is -0.508 e. The number of fused-ring (bicyclic) bond motifs is 2. The van der Waals surface area contributed by atoms with Crippen LogP contribution >= 0.6 is 0 Å². The quantitative estimate of drug-likeness (QED) is 0.0640. The van der Waals surface area contributed by atoms with E-state index in [0.29, 0.717) is 24.8 Å². The molecule has 2 bridgehead atoms. The highest BCUT2D eigenvalue weighted by Crippen LogP contribution is 2.23. The molecule has 0 aliphatic carbocycles. The van der Waals surface area contributed by atoms with E-state index >= 15 is 0 Å². The van der Waals surface area contributed by atoms with E-state index < -0.39 is 143 Å². The van der Waals surface area contributed by atoms with Gasteiger partial charge in [-0.3, -0.25) is 73.2 Å². The van der Waals surface area contributed by atoms with E-state index in [9.17, 15) is 67.4 Å². The number of aromatic hydroxyl groups is 1. The fraction of sp³-hybridized carbons (Fsp3) is 0.583. The predicted octanol–water partition coefficient (Wildman–Crippen LogP) is -2.64. The highest BCUT2D eigenvalue weighted by molar-refractivity contribution is 6.40. The minimum atomic E-state index is -1.48. The number of primary amides is 1. The molecule has 21 N–H and O–H groups in total. The number of carbonyl (C=O) groups excluding carboxylic acids is 13. The zero-order valence-corrected chi connectivity index (χ0v) is 53.0. The van der Waals surface area contributed by atoms with Crippen molar-refractivity contribution in [3.8, 4) is 11.5 Å². The van der Waals surface area contributed by atoms with Gasteiger partial charge in [-0.1, -0.05) is 60.1 Å². The van der Waals surface area contributed by atoms with Gasteiger partial charge in [0.25, 0.3) is 11.8 Å². The minimum absolute atomic E-state index is 0.00481. The number of phenolic OH excluding ortho intramolecular Hbond substituents is 1. The van der Waals surface area contributed by atoms with Crippen molar-refractivity contribution >= 4 is 82.5 Å². The van der Waals surface area contributed by atoms with Crippen LogP contribution in [0.15, 0.2) is 42.5 Å². The zero-order chi connectivity index (χ0) is 68.1. The first-order valence-electron chi connectivity index (χ1n) is 30.5. The molecule has 504 valence electrons. The maximum Gasteiger partial charge on any atom is 0.313 e. The molecule has 0 aromatic heterocycles. The molecule has 31 nitrogen and oxygen atoms in total. The first kappa shape index (κ1) is 76.3. The standard InChI is InChI=1S/C60H94N16O15/c1-9-33(6)48-58(88)73-47(32(4)5)57(87)72-44(29-35-17-20-37(77)21-18-35)54(84)66-27-13-15-40(63)52(82)76-75-50(80)38-30-36(19-23-45(38)91-8)68-59(89)60(90)70-41(16-10-11-25-61)55(85)71-43(28-31(2)3)53(83)65-26-12-14-39(62)51(81)67-34(7)49(79)69-42(56(86)74-48)22-24-46(64)78/h17-21,23,30-34,39-44,47-48,77H,9-16,22,24-29,61-63H2,1-8H3,(H2,64,78)(H,65,83)(H,66,84)(H,67,81)(H,68,89)(H,69,79)(H,70,90)(H,71,85)(H,72,87)(H,73,88)(H,74,86)(H,75,80)(H,76,82)/t33-,34-,39-,40-,41-,42-,43-,44-,47-,48-/m0/s1. The lowest BCUT2D eigenvalue weighted by Crippen LogP contribution is -2.61. The van der Waals surface area contributed by atoms with Crippen LogP contribution in [0, 0.1) is 17.8 Å². The molecule has 31 heteroatoms. The average molecular weight is 1280 g/mol. The summed E-state index contributed by atoms with van der Waals surface area (Å²) in [6.07, 6.45) is 0.693. The van der Waals surface area contributed by atoms with Gasteiger partial charge in [0, 0.05) is 31.6 Å². The molecule has 1 heterocycles. The Morgan fingerprint density at radius 3 is 1.75 bits per heavy atom. The predicted molar refractivity (Wildman–Crippen MR) is 334 cm³/mol. The summed E-state index contributed by atoms with van der Waals surface area (Å²) in [4.78, 5) is 176. The van der Waals surface area contributed by atoms with Crippen molar-refractivity contribution in [2.45, 2.75) is 180 Å². The van der Waals surface area contributed by atoms with Gasteiger partial charge in [-0.2, -0.15) is 0 Å². The molecule has 13 amide bonds. The van der Waals surface area contributed by atoms with Gasteiger partial charge in [0.1, 0.15) is 53.8 Å². The lowest BCUT2D eigenvalue weighted by molar-refractivity contribution is -0.138. The Hall–Kier alpha value is -8.97. The Morgan fingerprint density at radius 2 is 1.16 bits per heavy atom. The molecule has 1 aliphatic rings. The molecule has 2 aromatic carbocycles. The second kappa shape index (κ2) is 38.5. The van der Waals surface area contributed by atoms with Gasteiger partial charge in [-0.25, -0.2) is 0 Å². The Balaban J connectivity index is 1.99. The summed E-state index contributed by atoms with van der Waals surface area (Å²) in [6, 6.07) is -1.94. The summed E-state index contributed by atoms with van der Waals surface area (Å²) < 4.78 is 5.32. The zero-order valence-electron chi connectivity index (χ0n) is 53.0. The van der Waals surface area contributed by atoms with Crippen LogP contribution in [0.3, 0.4) is 0 Å². The van der Waals surface area contributed by atoms with Crippen molar-refractivity contribution in [1.82, 2.24) is 58.7 Å². The molecular weight excluding hydrogens is 1180 g/mol. The van der Waals surface area contributed by atoms with Crippen LogP contribution in [0.5, 0.6) is 11.5 Å². The summed E-state index contributed by atoms with van der Waals surface area (Å²) >= 11 is 0. The van der Waals surface area contributed by atoms with Crippen LogP contribution in [0.2, 0.25) is 0 Å². The third kappa shape index (κ3) is 26.2. The van der Waals surface area contributed by atoms with Crippen molar-refractivity contribution < 1.29 is 72.2 Å². The topological polar surface area (TPSA) is 500 Å². The Morgan fingerprint density at radius 1 is 0.604 bits per heavy atom. The maximum absolute atomic E-state index is 14.3. The van der Waals surface area contributed by atoms with Gasteiger partial charge >= 0.3 is 11.8 Å². The van der Waals surface area contributed by atoms with Crippen LogP contribution in [-0.2, 0) is 64.0 Å². The molecule has 2 aromatic rings. The van der Waals surface area contributed by atoms with Crippen LogP contribution in [0.25, 0.3) is 0 Å². The van der Waals surface area contributed by atoms with Crippen LogP contribution in [-0.4, -0.2) is 163 Å². The average Bonchev–Trinajstić information content (AvgIpc) is 1.16. The van der Waals surface area contributed by atoms with Crippen molar-refractivity contribution in [2.24, 2.45) is 40.7 Å². The van der Waals surface area contributed by atoms with Crippen LogP contribution in [0.4, 0.5) is 5.69 Å². The highest BCUT2D eigenvalue weighted by Gasteiger charge is 2.36. The second-order valence-corrected chi connectivity index (χ2v) is 23.2. The SMILES string of the molecule is CC[C@H](C)[C@@H]1NC(=O)[C@H](CCC(N)=O)NC(=O)[C@H](C)NC(=O)[C@@H](N)CCCNC(=O)[C@H](CC(C)C)NC(=O)[C@H](CCCCN)NC(=O)C(=O)Nc2ccc(OC)c(c2)C(=O)NNC(=O)[C@@H](N)CCCNC(=O)[C@H](Cc2ccc(O)cc2)NC(=O)[C@H](C(C)C)NC1=O. The third-order valence-corrected chi connectivity index (χ3v) is 14.9. The smallest absolute Gasteiger partial charge is 0.313 e. The summed E-state index contributed by atoms with van der Waals surface area (Å²) in [7, 11) is 1.26. The monoisotopic (exact) mass is 1280 g/mol. The maximum atomic E-state index is 14.3. The molecule has 0 spiro atoms. The molecule has 0 saturated carbocycles. The number of unbranched alkanes of at least 4 members (excludes halogenated alkanes) is 1. The number of nitrogens with two attached hydrogens (primary N) is 4. The van der Waals surface area contributed by atoms with Crippen molar-refractivity contribution in [3.63, 3.8) is 0 Å². The first-order valence-corrected chi connectivity index (χ1v) is 30.5. The molecule has 10 atom stereocenters. The summed E-state index contributed by atoms with van der Waals surface area (Å²) in [6.45, 7) is 11.8. The van der Waals surface area contributed by atoms with E-state index in [1.54, 1.807) is 39.8 Å². The molecule has 91 heavy (non-hydrogen) atoms. The number of anilines is 1. The van der Waals surface area contributed by atoms with E-state index in [0.717, 1.165) is 6.07 Å². The molecular formula is C60H94N16O15. The number of rotatable bonds is 15. The van der Waals surface area contributed by atoms with E-state index in [4.69, 9.17) is 27.7 Å². The number of ether oxygens (including phenoxy) is 1. The van der Waals surface area contributed by atoms with Gasteiger partial charge in [-0.15, -0.1) is 0 Å². The van der Waals surface area contributed by atoms with Gasteiger partial charge in [0.05, 0.1) is 24.8 Å². The van der Waals surface area contributed by atoms with E-state index in [1.165, 1.54) is 38.3 Å². The number of benzene rings is 2. The number of methoxy groups -OCH3 is 1. The fourth-order valence-electron chi connectivity index (χ4n) is 9.28. The number of hydrogen-bond donors (Lipinski definition) is 17. The number of amides is 13. The molecule has 0 saturated heterocycles. The highest BCUT2D eigenvalue weighted by atomic mass is 16.5. The molecule has 1 aliphatic heterocycles. The van der Waals surface area contributed by atoms with Crippen molar-refractivity contribution in [1.29, 1.82) is 0 Å². The first-order chi connectivity index (χ1) is 43.0. The van der Waals surface area contributed by atoms with Crippen LogP contribution in [0.1, 0.15) is 135 Å². The lowest BCUT2D eigenvalue weighted by Gasteiger charge is -2.30. The molecule has 0 radical (unpaired) electrons. The van der Waals surface area contributed by atoms with E-state index in [-0.39, 0.29) is 106 Å². The van der Waals surface area contributed by atoms with Gasteiger partial charge in [0.2, 0.25) is 53.2 Å². The summed E-state index contributed by atoms with van der Waals surface area (Å²) in [5.74, 6) is -12.7. The number of carbonyl (C=O) groups is 13. The Labute approximate surface area is 529 Å². The summed E-state index contributed by atoms with van der Waals surface area (Å²) in [5.41, 5.74) is 28.2. The van der Waals surface area contributed by atoms with Crippen molar-refractivity contribution in [2.75, 3.05) is 32.1 Å². The number of hydrogen-bond acceptors (Lipinski definition) is 18. The van der Waals surface area contributed by atoms with Crippen LogP contribution < -0.4 is 91.7 Å². The number of nitrogens with one attached hydrogen (secondary N) is 12. The summed E-state index contributed by atoms with van der Waals surface area (Å²) in [5, 5.41) is 35.9. The Bertz CT molecular complexity index is 2860. The van der Waals surface area contributed by atoms with Gasteiger partial charge < -0.3 is 85.9 Å². The lowest BCUT2D eigenvalue weighted by atomic mass is 9.95. The molecule has 3 rings (SSSR count). The van der Waals surface area contributed by atoms with Crippen molar-refractivity contribution in [3.05, 3.63) is 53.6 Å². The second-order valence-electron chi connectivity index (χ2n) is 23.2. The van der Waals surface area contributed by atoms with Gasteiger partial charge in [0.15, 0.2) is 0 Å². The number of phenols is 1. The molecule has 0 unspecified atom stereocenters. The normalized spacial score (nSPS) is 24.1. The Kier molecular flexibility index (Phi) is 32.3. The van der Waals surface area contributed by atoms with E-state index in [2.05, 4.69) is 64.0 Å². The third-order valence-electron chi connectivity index (χ3n) is 14.9. The van der Waals surface area contributed by atoms with Gasteiger partial charge in [-0.05, 0) is 125 Å².